The average molecular weight is 390 g/mol. The molecule has 0 radical (unpaired) electrons. The van der Waals surface area contributed by atoms with Crippen molar-refractivity contribution in [1.29, 1.82) is 0 Å². The fraction of sp³-hybridized carbons (Fsp3) is 0.174. The van der Waals surface area contributed by atoms with Gasteiger partial charge in [-0.1, -0.05) is 48.5 Å². The topological polar surface area (TPSA) is 39.1 Å². The van der Waals surface area contributed by atoms with Gasteiger partial charge in [0.1, 0.15) is 11.4 Å². The molecule has 0 amide bonds. The minimum Gasteiger partial charge on any atom is -0.497 e. The van der Waals surface area contributed by atoms with Gasteiger partial charge in [0.2, 0.25) is 0 Å². The maximum absolute atomic E-state index is 5.31. The van der Waals surface area contributed by atoms with Crippen molar-refractivity contribution in [3.05, 3.63) is 95.0 Å². The third-order valence-corrected chi connectivity index (χ3v) is 5.43. The van der Waals surface area contributed by atoms with E-state index in [1.54, 1.807) is 18.4 Å². The fourth-order valence-electron chi connectivity index (χ4n) is 3.19. The number of aromatic nitrogens is 2. The molecule has 0 saturated heterocycles. The van der Waals surface area contributed by atoms with Gasteiger partial charge in [0, 0.05) is 24.8 Å². The minimum atomic E-state index is 0.763. The van der Waals surface area contributed by atoms with Crippen molar-refractivity contribution >= 4 is 11.3 Å². The lowest BCUT2D eigenvalue weighted by Crippen LogP contribution is -2.12. The number of hydrogen-bond acceptors (Lipinski definition) is 4. The van der Waals surface area contributed by atoms with Crippen molar-refractivity contribution in [2.24, 2.45) is 0 Å². The predicted molar refractivity (Wildman–Crippen MR) is 115 cm³/mol. The van der Waals surface area contributed by atoms with Crippen molar-refractivity contribution in [3.8, 4) is 16.3 Å². The summed E-state index contributed by atoms with van der Waals surface area (Å²) in [5.74, 6) is 0.884. The van der Waals surface area contributed by atoms with E-state index in [2.05, 4.69) is 65.4 Å². The van der Waals surface area contributed by atoms with Crippen LogP contribution in [0.2, 0.25) is 0 Å². The highest BCUT2D eigenvalue weighted by Crippen LogP contribution is 2.27. The van der Waals surface area contributed by atoms with Gasteiger partial charge in [-0.2, -0.15) is 5.10 Å². The molecule has 0 fully saturated rings. The van der Waals surface area contributed by atoms with Gasteiger partial charge in [-0.25, -0.2) is 0 Å². The number of thiophene rings is 1. The molecule has 2 heterocycles. The lowest BCUT2D eigenvalue weighted by atomic mass is 10.2. The largest absolute Gasteiger partial charge is 0.497 e. The maximum Gasteiger partial charge on any atom is 0.119 e. The first kappa shape index (κ1) is 18.5. The zero-order valence-electron chi connectivity index (χ0n) is 15.8. The van der Waals surface area contributed by atoms with Crippen LogP contribution in [-0.2, 0) is 19.6 Å². The molecule has 142 valence electrons. The first-order chi connectivity index (χ1) is 13.8. The SMILES string of the molecule is COc1cccc(CNCc2cn(Cc3ccccc3)nc2-c2cccs2)c1. The molecule has 1 N–H and O–H groups in total. The van der Waals surface area contributed by atoms with Crippen LogP contribution in [0.15, 0.2) is 78.3 Å². The van der Waals surface area contributed by atoms with E-state index in [1.165, 1.54) is 21.6 Å². The van der Waals surface area contributed by atoms with E-state index in [4.69, 9.17) is 9.84 Å². The van der Waals surface area contributed by atoms with Crippen LogP contribution in [0.5, 0.6) is 5.75 Å². The summed E-state index contributed by atoms with van der Waals surface area (Å²) in [6.07, 6.45) is 2.15. The Bertz CT molecular complexity index is 1010. The first-order valence-electron chi connectivity index (χ1n) is 9.29. The molecule has 0 saturated carbocycles. The molecule has 0 spiro atoms. The molecule has 2 aromatic heterocycles. The highest BCUT2D eigenvalue weighted by Gasteiger charge is 2.12. The summed E-state index contributed by atoms with van der Waals surface area (Å²) < 4.78 is 7.34. The fourth-order valence-corrected chi connectivity index (χ4v) is 3.93. The van der Waals surface area contributed by atoms with Gasteiger partial charge in [-0.05, 0) is 34.7 Å². The number of nitrogens with zero attached hydrogens (tertiary/aromatic N) is 2. The average Bonchev–Trinajstić information content (AvgIpc) is 3.39. The minimum absolute atomic E-state index is 0.763. The van der Waals surface area contributed by atoms with E-state index in [0.29, 0.717) is 0 Å². The zero-order chi connectivity index (χ0) is 19.2. The van der Waals surface area contributed by atoms with Crippen LogP contribution in [0.3, 0.4) is 0 Å². The van der Waals surface area contributed by atoms with Crippen molar-refractivity contribution in [2.75, 3.05) is 7.11 Å². The molecule has 4 rings (SSSR count). The Hall–Kier alpha value is -2.89. The number of benzene rings is 2. The summed E-state index contributed by atoms with van der Waals surface area (Å²) in [7, 11) is 1.70. The highest BCUT2D eigenvalue weighted by atomic mass is 32.1. The smallest absolute Gasteiger partial charge is 0.119 e. The Morgan fingerprint density at radius 3 is 2.61 bits per heavy atom. The number of rotatable bonds is 8. The van der Waals surface area contributed by atoms with Crippen LogP contribution in [0, 0.1) is 0 Å². The highest BCUT2D eigenvalue weighted by molar-refractivity contribution is 7.13. The third-order valence-electron chi connectivity index (χ3n) is 4.56. The second-order valence-corrected chi connectivity index (χ2v) is 7.57. The number of methoxy groups -OCH3 is 1. The van der Waals surface area contributed by atoms with Crippen molar-refractivity contribution in [2.45, 2.75) is 19.6 Å². The Morgan fingerprint density at radius 1 is 0.964 bits per heavy atom. The molecule has 0 unspecified atom stereocenters. The van der Waals surface area contributed by atoms with E-state index >= 15 is 0 Å². The summed E-state index contributed by atoms with van der Waals surface area (Å²) >= 11 is 1.72. The quantitative estimate of drug-likeness (QED) is 0.463. The van der Waals surface area contributed by atoms with Gasteiger partial charge in [-0.15, -0.1) is 11.3 Å². The Morgan fingerprint density at radius 2 is 1.82 bits per heavy atom. The van der Waals surface area contributed by atoms with Crippen LogP contribution in [-0.4, -0.2) is 16.9 Å². The van der Waals surface area contributed by atoms with Gasteiger partial charge in [0.05, 0.1) is 18.5 Å². The first-order valence-corrected chi connectivity index (χ1v) is 10.2. The molecule has 28 heavy (non-hydrogen) atoms. The second kappa shape index (κ2) is 8.87. The zero-order valence-corrected chi connectivity index (χ0v) is 16.7. The van der Waals surface area contributed by atoms with E-state index < -0.39 is 0 Å². The molecule has 0 aliphatic rings. The van der Waals surface area contributed by atoms with Gasteiger partial charge in [-0.3, -0.25) is 4.68 Å². The lowest BCUT2D eigenvalue weighted by Gasteiger charge is -2.06. The summed E-state index contributed by atoms with van der Waals surface area (Å²) in [6, 6.07) is 22.8. The standard InChI is InChI=1S/C23H23N3OS/c1-27-21-10-5-9-19(13-21)14-24-15-20-17-26(16-18-7-3-2-4-8-18)25-23(20)22-11-6-12-28-22/h2-13,17,24H,14-16H2,1H3. The summed E-state index contributed by atoms with van der Waals surface area (Å²) in [5.41, 5.74) is 4.72. The van der Waals surface area contributed by atoms with Crippen LogP contribution in [0.1, 0.15) is 16.7 Å². The summed E-state index contributed by atoms with van der Waals surface area (Å²) in [4.78, 5) is 1.20. The molecule has 0 bridgehead atoms. The lowest BCUT2D eigenvalue weighted by molar-refractivity contribution is 0.414. The van der Waals surface area contributed by atoms with Gasteiger partial charge in [0.15, 0.2) is 0 Å². The maximum atomic E-state index is 5.31. The molecular weight excluding hydrogens is 366 g/mol. The van der Waals surface area contributed by atoms with Crippen molar-refractivity contribution in [1.82, 2.24) is 15.1 Å². The van der Waals surface area contributed by atoms with Crippen molar-refractivity contribution in [3.63, 3.8) is 0 Å². The normalized spacial score (nSPS) is 10.9. The predicted octanol–water partition coefficient (Wildman–Crippen LogP) is 4.96. The Labute approximate surface area is 169 Å². The van der Waals surface area contributed by atoms with E-state index in [0.717, 1.165) is 31.1 Å². The van der Waals surface area contributed by atoms with Gasteiger partial charge < -0.3 is 10.1 Å². The van der Waals surface area contributed by atoms with Crippen LogP contribution < -0.4 is 10.1 Å². The molecule has 2 aromatic carbocycles. The molecule has 0 atom stereocenters. The summed E-state index contributed by atoms with van der Waals surface area (Å²) in [5, 5.41) is 10.5. The van der Waals surface area contributed by atoms with Crippen LogP contribution in [0.25, 0.3) is 10.6 Å². The molecule has 5 heteroatoms. The Balaban J connectivity index is 1.50. The third kappa shape index (κ3) is 4.50. The van der Waals surface area contributed by atoms with Gasteiger partial charge >= 0.3 is 0 Å². The molecule has 4 aromatic rings. The van der Waals surface area contributed by atoms with E-state index in [9.17, 15) is 0 Å². The molecule has 0 aliphatic heterocycles. The van der Waals surface area contributed by atoms with Gasteiger partial charge in [0.25, 0.3) is 0 Å². The number of nitrogens with one attached hydrogen (secondary N) is 1. The molecular formula is C23H23N3OS. The molecule has 0 aliphatic carbocycles. The second-order valence-electron chi connectivity index (χ2n) is 6.62. The van der Waals surface area contributed by atoms with E-state index in [-0.39, 0.29) is 0 Å². The monoisotopic (exact) mass is 389 g/mol. The summed E-state index contributed by atoms with van der Waals surface area (Å²) in [6.45, 7) is 2.32. The van der Waals surface area contributed by atoms with Crippen molar-refractivity contribution < 1.29 is 4.74 Å². The van der Waals surface area contributed by atoms with Crippen LogP contribution in [0.4, 0.5) is 0 Å². The number of ether oxygens (including phenoxy) is 1. The molecule has 4 nitrogen and oxygen atoms in total. The van der Waals surface area contributed by atoms with Crippen LogP contribution >= 0.6 is 11.3 Å². The number of hydrogen-bond donors (Lipinski definition) is 1. The van der Waals surface area contributed by atoms with E-state index in [1.807, 2.05) is 22.9 Å². The Kier molecular flexibility index (Phi) is 5.85.